The third-order valence-corrected chi connectivity index (χ3v) is 14.1. The van der Waals surface area contributed by atoms with E-state index in [0.29, 0.717) is 64.1 Å². The van der Waals surface area contributed by atoms with Gasteiger partial charge in [-0.1, -0.05) is 152 Å². The van der Waals surface area contributed by atoms with Gasteiger partial charge < -0.3 is 38.6 Å². The normalized spacial score (nSPS) is 10.7. The summed E-state index contributed by atoms with van der Waals surface area (Å²) in [5.41, 5.74) is 0. The molecule has 0 heterocycles. The zero-order valence-electron chi connectivity index (χ0n) is 55.7. The van der Waals surface area contributed by atoms with Crippen LogP contribution in [0, 0.1) is 11.8 Å². The molecule has 0 aliphatic heterocycles. The first-order chi connectivity index (χ1) is 42.7. The second-order valence-electron chi connectivity index (χ2n) is 21.2. The van der Waals surface area contributed by atoms with E-state index in [1.54, 1.807) is 27.7 Å². The SMILES string of the molecule is C.CCOC(=O)CC(=O)CC(=O)OCC.CCOC(=O)CCCCCCCBr.CCOC(=O)CCCCCCCC(CC)C(=O)C(CCCCCCCC(=O)OCC)C(=O)OCC.O=C(O)CCCCCCCCC(=O)CCCCCCCCC(=O)O.O=C=O. The summed E-state index contributed by atoms with van der Waals surface area (Å²) < 4.78 is 29.0. The fourth-order valence-corrected chi connectivity index (χ4v) is 9.32. The van der Waals surface area contributed by atoms with Gasteiger partial charge in [0, 0.05) is 56.2 Å². The van der Waals surface area contributed by atoms with Crippen LogP contribution in [-0.2, 0) is 90.8 Å². The molecule has 0 aliphatic rings. The Morgan fingerprint density at radius 1 is 0.344 bits per heavy atom. The van der Waals surface area contributed by atoms with Crippen molar-refractivity contribution >= 4 is 87.2 Å². The number of carboxylic acid groups (broad SMARTS) is 2. The van der Waals surface area contributed by atoms with E-state index in [4.69, 9.17) is 38.7 Å². The summed E-state index contributed by atoms with van der Waals surface area (Å²) in [4.78, 5) is 141. The maximum atomic E-state index is 13.2. The molecule has 21 nitrogen and oxygen atoms in total. The number of carbonyl (C=O) groups excluding carboxylic acids is 11. The number of rotatable bonds is 55. The number of esters is 6. The van der Waals surface area contributed by atoms with E-state index in [1.807, 2.05) is 20.8 Å². The van der Waals surface area contributed by atoms with E-state index in [1.165, 1.54) is 19.3 Å². The summed E-state index contributed by atoms with van der Waals surface area (Å²) in [7, 11) is 0. The molecule has 2 atom stereocenters. The van der Waals surface area contributed by atoms with Crippen LogP contribution >= 0.6 is 15.9 Å². The lowest BCUT2D eigenvalue weighted by atomic mass is 9.84. The summed E-state index contributed by atoms with van der Waals surface area (Å²) in [6, 6.07) is 0. The lowest BCUT2D eigenvalue weighted by Gasteiger charge is -2.20. The molecule has 0 aromatic rings. The molecule has 0 spiro atoms. The van der Waals surface area contributed by atoms with Gasteiger partial charge >= 0.3 is 53.9 Å². The molecule has 0 radical (unpaired) electrons. The lowest BCUT2D eigenvalue weighted by Crippen LogP contribution is -2.31. The third-order valence-electron chi connectivity index (χ3n) is 13.5. The Kier molecular flexibility index (Phi) is 80.9. The molecule has 90 heavy (non-hydrogen) atoms. The van der Waals surface area contributed by atoms with Gasteiger partial charge in [-0.3, -0.25) is 52.7 Å². The first-order valence-electron chi connectivity index (χ1n) is 33.3. The van der Waals surface area contributed by atoms with E-state index in [0.717, 1.165) is 172 Å². The Morgan fingerprint density at radius 3 is 0.911 bits per heavy atom. The first-order valence-corrected chi connectivity index (χ1v) is 34.4. The van der Waals surface area contributed by atoms with Crippen molar-refractivity contribution < 1.29 is 101 Å². The van der Waals surface area contributed by atoms with Crippen molar-refractivity contribution in [2.45, 2.75) is 306 Å². The molecule has 0 aromatic heterocycles. The molecule has 0 saturated carbocycles. The molecule has 0 aromatic carbocycles. The predicted octanol–water partition coefficient (Wildman–Crippen LogP) is 15.1. The van der Waals surface area contributed by atoms with E-state index in [-0.39, 0.29) is 88.7 Å². The Bertz CT molecular complexity index is 1800. The number of Topliss-reactive ketones (excluding diaryl/α,β-unsaturated/α-hetero) is 3. The molecule has 2 N–H and O–H groups in total. The Balaban J connectivity index is -0.000000276. The van der Waals surface area contributed by atoms with Gasteiger partial charge in [-0.2, -0.15) is 9.59 Å². The Morgan fingerprint density at radius 2 is 0.611 bits per heavy atom. The number of halogens is 1. The van der Waals surface area contributed by atoms with Crippen LogP contribution in [0.4, 0.5) is 0 Å². The van der Waals surface area contributed by atoms with Crippen molar-refractivity contribution in [1.82, 2.24) is 0 Å². The molecule has 0 rings (SSSR count). The second kappa shape index (κ2) is 76.1. The number of alkyl halides is 1. The van der Waals surface area contributed by atoms with Gasteiger partial charge in [0.15, 0.2) is 5.78 Å². The summed E-state index contributed by atoms with van der Waals surface area (Å²) in [6.45, 7) is 14.6. The second-order valence-corrected chi connectivity index (χ2v) is 22.0. The molecular formula is C68H121BrO21. The lowest BCUT2D eigenvalue weighted by molar-refractivity contribution is -0.192. The van der Waals surface area contributed by atoms with Crippen LogP contribution in [0.3, 0.4) is 0 Å². The molecular weight excluding hydrogens is 1230 g/mol. The molecule has 2 unspecified atom stereocenters. The minimum absolute atomic E-state index is 0. The van der Waals surface area contributed by atoms with Crippen molar-refractivity contribution in [3.8, 4) is 0 Å². The smallest absolute Gasteiger partial charge is 0.373 e. The largest absolute Gasteiger partial charge is 0.481 e. The number of ether oxygens (including phenoxy) is 6. The number of hydrogen-bond donors (Lipinski definition) is 2. The molecule has 0 bridgehead atoms. The number of carboxylic acids is 2. The van der Waals surface area contributed by atoms with Crippen LogP contribution in [0.25, 0.3) is 0 Å². The first kappa shape index (κ1) is 95.7. The number of unbranched alkanes of at least 4 members (excludes halogenated alkanes) is 22. The molecule has 0 fully saturated rings. The van der Waals surface area contributed by atoms with Crippen LogP contribution in [0.2, 0.25) is 0 Å². The highest BCUT2D eigenvalue weighted by Crippen LogP contribution is 2.25. The van der Waals surface area contributed by atoms with E-state index < -0.39 is 41.5 Å². The van der Waals surface area contributed by atoms with Gasteiger partial charge in [0.2, 0.25) is 0 Å². The van der Waals surface area contributed by atoms with Gasteiger partial charge in [0.05, 0.1) is 39.6 Å². The van der Waals surface area contributed by atoms with E-state index in [9.17, 15) is 52.7 Å². The topological polar surface area (TPSA) is 318 Å². The Labute approximate surface area is 548 Å². The predicted molar refractivity (Wildman–Crippen MR) is 348 cm³/mol. The fourth-order valence-electron chi connectivity index (χ4n) is 8.93. The van der Waals surface area contributed by atoms with Crippen molar-refractivity contribution in [2.75, 3.05) is 45.0 Å². The maximum absolute atomic E-state index is 13.2. The fraction of sp³-hybridized carbons (Fsp3) is 0.824. The summed E-state index contributed by atoms with van der Waals surface area (Å²) >= 11 is 3.39. The number of aliphatic carboxylic acids is 2. The van der Waals surface area contributed by atoms with Crippen LogP contribution in [0.5, 0.6) is 0 Å². The van der Waals surface area contributed by atoms with E-state index >= 15 is 0 Å². The average molecular weight is 1350 g/mol. The van der Waals surface area contributed by atoms with Crippen molar-refractivity contribution in [2.24, 2.45) is 11.8 Å². The molecule has 0 amide bonds. The van der Waals surface area contributed by atoms with Crippen molar-refractivity contribution in [1.29, 1.82) is 0 Å². The summed E-state index contributed by atoms with van der Waals surface area (Å²) in [5, 5.41) is 18.1. The zero-order valence-corrected chi connectivity index (χ0v) is 57.3. The van der Waals surface area contributed by atoms with Crippen molar-refractivity contribution in [3.63, 3.8) is 0 Å². The third kappa shape index (κ3) is 76.9. The van der Waals surface area contributed by atoms with Crippen LogP contribution < -0.4 is 0 Å². The number of carbonyl (C=O) groups is 11. The van der Waals surface area contributed by atoms with Gasteiger partial charge in [-0.15, -0.1) is 0 Å². The molecule has 0 saturated heterocycles. The molecule has 526 valence electrons. The summed E-state index contributed by atoms with van der Waals surface area (Å²) in [5.74, 6) is -4.29. The van der Waals surface area contributed by atoms with Gasteiger partial charge in [-0.05, 0) is 112 Å². The van der Waals surface area contributed by atoms with Crippen LogP contribution in [0.1, 0.15) is 306 Å². The number of hydrogen-bond acceptors (Lipinski definition) is 19. The van der Waals surface area contributed by atoms with Gasteiger partial charge in [0.25, 0.3) is 0 Å². The minimum Gasteiger partial charge on any atom is -0.481 e. The van der Waals surface area contributed by atoms with Crippen molar-refractivity contribution in [3.05, 3.63) is 0 Å². The average Bonchev–Trinajstić information content (AvgIpc) is 2.06. The van der Waals surface area contributed by atoms with Crippen LogP contribution in [0.15, 0.2) is 0 Å². The highest BCUT2D eigenvalue weighted by atomic mass is 79.9. The quantitative estimate of drug-likeness (QED) is 0.0188. The van der Waals surface area contributed by atoms with Crippen LogP contribution in [-0.4, -0.2) is 126 Å². The van der Waals surface area contributed by atoms with Gasteiger partial charge in [0.1, 0.15) is 30.3 Å². The monoisotopic (exact) mass is 1350 g/mol. The molecule has 0 aliphatic carbocycles. The standard InChI is InChI=1S/C28H50O7.C19H34O5.C10H19BrO2.C9H14O5.CO2.CH4/c1-5-23(19-15-11-9-13-17-21-25(29)33-6-2)27(31)24(28(32)35-8-4)20-16-12-10-14-18-22-26(30)34-7-3;20-17(13-9-5-1-3-7-11-15-18(21)22)14-10-6-2-4-8-12-16-19(23)24;1-2-13-10(12)8-6-4-3-5-7-9-11;1-3-13-8(11)5-7(10)6-9(12)14-4-2;2-1-3;/h23-24H,5-22H2,1-4H3;1-16H2,(H,21,22)(H,23,24);2-9H2,1H3;3-6H2,1-2H3;;1H4. The highest BCUT2D eigenvalue weighted by molar-refractivity contribution is 9.09. The van der Waals surface area contributed by atoms with E-state index in [2.05, 4.69) is 25.4 Å². The Hall–Kier alpha value is -5.37. The minimum atomic E-state index is -0.721. The summed E-state index contributed by atoms with van der Waals surface area (Å²) in [6.07, 6.45) is 31.8. The molecule has 22 heteroatoms. The highest BCUT2D eigenvalue weighted by Gasteiger charge is 2.32. The number of ketones is 3. The van der Waals surface area contributed by atoms with Gasteiger partial charge in [-0.25, -0.2) is 0 Å². The maximum Gasteiger partial charge on any atom is 0.373 e. The zero-order chi connectivity index (χ0) is 68.0.